The number of hydrogen-bond donors (Lipinski definition) is 9. The number of fused-ring (bicyclic) bond motifs is 7. The van der Waals surface area contributed by atoms with Crippen LogP contribution in [-0.2, 0) is 42.7 Å². The van der Waals surface area contributed by atoms with Gasteiger partial charge < -0.3 is 79.1 Å². The van der Waals surface area contributed by atoms with E-state index in [1.165, 1.54) is 5.57 Å². The number of carbonyl (C=O) groups excluding carboxylic acids is 2. The van der Waals surface area contributed by atoms with E-state index in [2.05, 4.69) is 54.5 Å². The predicted octanol–water partition coefficient (Wildman–Crippen LogP) is 2.13. The van der Waals surface area contributed by atoms with Crippen molar-refractivity contribution in [3.63, 3.8) is 0 Å². The monoisotopic (exact) mass is 983 g/mol. The Morgan fingerprint density at radius 1 is 0.725 bits per heavy atom. The first-order chi connectivity index (χ1) is 32.3. The van der Waals surface area contributed by atoms with Crippen molar-refractivity contribution >= 4 is 11.9 Å². The minimum Gasteiger partial charge on any atom is -0.464 e. The molecule has 3 saturated heterocycles. The Hall–Kier alpha value is -1.88. The van der Waals surface area contributed by atoms with E-state index in [-0.39, 0.29) is 52.6 Å². The quantitative estimate of drug-likeness (QED) is 0.0621. The second-order valence-corrected chi connectivity index (χ2v) is 24.2. The van der Waals surface area contributed by atoms with E-state index in [0.29, 0.717) is 25.7 Å². The van der Waals surface area contributed by atoms with Crippen molar-refractivity contribution < 1.29 is 88.7 Å². The normalized spacial score (nSPS) is 50.3. The lowest BCUT2D eigenvalue weighted by molar-refractivity contribution is -0.357. The second kappa shape index (κ2) is 19.4. The number of unbranched alkanes of at least 4 members (excludes halogenated alkanes) is 1. The molecule has 0 spiro atoms. The predicted molar refractivity (Wildman–Crippen MR) is 243 cm³/mol. The van der Waals surface area contributed by atoms with Crippen LogP contribution in [0, 0.1) is 50.2 Å². The summed E-state index contributed by atoms with van der Waals surface area (Å²) in [5.41, 5.74) is -0.761. The van der Waals surface area contributed by atoms with Crippen molar-refractivity contribution in [2.24, 2.45) is 50.2 Å². The van der Waals surface area contributed by atoms with Crippen LogP contribution in [0.4, 0.5) is 0 Å². The van der Waals surface area contributed by atoms with Crippen molar-refractivity contribution in [2.75, 3.05) is 19.8 Å². The van der Waals surface area contributed by atoms with Gasteiger partial charge in [-0.15, -0.1) is 0 Å². The van der Waals surface area contributed by atoms with Crippen LogP contribution in [0.3, 0.4) is 0 Å². The largest absolute Gasteiger partial charge is 0.464 e. The molecule has 0 bridgehead atoms. The average molecular weight is 983 g/mol. The molecule has 8 rings (SSSR count). The molecule has 9 N–H and O–H groups in total. The summed E-state index contributed by atoms with van der Waals surface area (Å²) < 4.78 is 41.4. The molecule has 0 amide bonds. The molecule has 3 heterocycles. The van der Waals surface area contributed by atoms with Gasteiger partial charge in [-0.25, -0.2) is 4.79 Å². The highest BCUT2D eigenvalue weighted by Gasteiger charge is 2.70. The molecule has 4 saturated carbocycles. The number of hydrogen-bond acceptors (Lipinski definition) is 18. The first-order valence-electron chi connectivity index (χ1n) is 25.7. The molecule has 0 aromatic heterocycles. The zero-order valence-electron chi connectivity index (χ0n) is 41.8. The van der Waals surface area contributed by atoms with Gasteiger partial charge in [-0.3, -0.25) is 4.79 Å². The summed E-state index contributed by atoms with van der Waals surface area (Å²) in [6, 6.07) is 0. The Balaban J connectivity index is 1.03. The molecular formula is C51H82O18. The summed E-state index contributed by atoms with van der Waals surface area (Å²) in [5, 5.41) is 96.1. The number of rotatable bonds is 11. The number of esters is 2. The van der Waals surface area contributed by atoms with Gasteiger partial charge in [0.05, 0.1) is 31.3 Å². The van der Waals surface area contributed by atoms with Gasteiger partial charge in [-0.1, -0.05) is 73.5 Å². The summed E-state index contributed by atoms with van der Waals surface area (Å²) in [7, 11) is 0. The second-order valence-electron chi connectivity index (χ2n) is 24.2. The topological polar surface area (TPSA) is 281 Å². The van der Waals surface area contributed by atoms with Crippen LogP contribution in [0.2, 0.25) is 0 Å². The highest BCUT2D eigenvalue weighted by molar-refractivity contribution is 5.79. The van der Waals surface area contributed by atoms with E-state index >= 15 is 0 Å². The number of carbonyl (C=O) groups is 2. The molecule has 3 aliphatic heterocycles. The zero-order valence-corrected chi connectivity index (χ0v) is 41.8. The van der Waals surface area contributed by atoms with Crippen LogP contribution < -0.4 is 0 Å². The Labute approximate surface area is 406 Å². The van der Waals surface area contributed by atoms with Gasteiger partial charge in [0.2, 0.25) is 6.29 Å². The van der Waals surface area contributed by atoms with Crippen LogP contribution >= 0.6 is 0 Å². The molecular weight excluding hydrogens is 901 g/mol. The fraction of sp³-hybridized carbons (Fsp3) is 0.922. The van der Waals surface area contributed by atoms with Crippen molar-refractivity contribution in [3.05, 3.63) is 11.6 Å². The third-order valence-corrected chi connectivity index (χ3v) is 19.6. The van der Waals surface area contributed by atoms with E-state index in [1.807, 2.05) is 6.92 Å². The maximum Gasteiger partial charge on any atom is 0.338 e. The van der Waals surface area contributed by atoms with E-state index in [4.69, 9.17) is 33.2 Å². The summed E-state index contributed by atoms with van der Waals surface area (Å²) in [5.74, 6) is -1.10. The summed E-state index contributed by atoms with van der Waals surface area (Å²) in [4.78, 5) is 28.2. The molecule has 69 heavy (non-hydrogen) atoms. The van der Waals surface area contributed by atoms with Crippen molar-refractivity contribution in [3.8, 4) is 0 Å². The van der Waals surface area contributed by atoms with Gasteiger partial charge in [0.15, 0.2) is 18.7 Å². The highest BCUT2D eigenvalue weighted by Crippen LogP contribution is 2.76. The number of aliphatic hydroxyl groups excluding tert-OH is 9. The molecule has 5 aliphatic carbocycles. The van der Waals surface area contributed by atoms with Crippen molar-refractivity contribution in [1.29, 1.82) is 0 Å². The number of aliphatic hydroxyl groups is 9. The Morgan fingerprint density at radius 2 is 1.42 bits per heavy atom. The Kier molecular flexibility index (Phi) is 15.0. The molecule has 7 fully saturated rings. The minimum absolute atomic E-state index is 0.0628. The maximum atomic E-state index is 14.7. The number of ether oxygens (including phenoxy) is 7. The SMILES string of the molecule is CCCCOC(=O)C1OC(OC2CCC3(C)C(CCC4(C)C3CC=C3C5CC(C)(C)CCC5(C(=O)OC5OC(CO)C(O)C(O)C5O)CCC34C)C2(C)C)C(O)C(OC2OCC(O)C(O)C2O)C1O. The molecule has 394 valence electrons. The van der Waals surface area contributed by atoms with E-state index in [9.17, 15) is 55.5 Å². The number of allylic oxidation sites excluding steroid dienone is 2. The van der Waals surface area contributed by atoms with Gasteiger partial charge in [-0.2, -0.15) is 0 Å². The van der Waals surface area contributed by atoms with Gasteiger partial charge in [0.1, 0.15) is 61.0 Å². The minimum atomic E-state index is -1.77. The maximum absolute atomic E-state index is 14.7. The summed E-state index contributed by atoms with van der Waals surface area (Å²) in [6.07, 6.45) is -11.4. The van der Waals surface area contributed by atoms with Crippen LogP contribution in [0.15, 0.2) is 11.6 Å². The molecule has 18 nitrogen and oxygen atoms in total. The third kappa shape index (κ3) is 8.86. The molecule has 18 heteroatoms. The molecule has 22 atom stereocenters. The first kappa shape index (κ1) is 53.4. The standard InChI is InChI=1S/C51H82O18/c1-9-10-21-63-41(61)40-37(59)39(67-42-35(57)32(54)27(53)24-64-42)38(60)44(68-40)66-31-14-15-48(6)29(47(31,4)5)13-16-50(8)30(48)12-11-25-26-22-46(2,3)17-19-51(26,20-18-49(25,50)7)45(62)69-43-36(58)34(56)33(55)28(23-52)65-43/h11,26-40,42-44,52-60H,9-10,12-24H2,1-8H3. The van der Waals surface area contributed by atoms with Crippen molar-refractivity contribution in [1.82, 2.24) is 0 Å². The lowest BCUT2D eigenvalue weighted by Crippen LogP contribution is -2.67. The van der Waals surface area contributed by atoms with E-state index in [1.54, 1.807) is 0 Å². The molecule has 0 aromatic rings. The van der Waals surface area contributed by atoms with Crippen LogP contribution in [0.25, 0.3) is 0 Å². The molecule has 8 aliphatic rings. The lowest BCUT2D eigenvalue weighted by Gasteiger charge is -2.71. The highest BCUT2D eigenvalue weighted by atomic mass is 16.7. The summed E-state index contributed by atoms with van der Waals surface area (Å²) >= 11 is 0. The van der Waals surface area contributed by atoms with Gasteiger partial charge in [-0.05, 0) is 115 Å². The Morgan fingerprint density at radius 3 is 2.12 bits per heavy atom. The fourth-order valence-corrected chi connectivity index (χ4v) is 15.1. The lowest BCUT2D eigenvalue weighted by atomic mass is 9.33. The molecule has 0 radical (unpaired) electrons. The zero-order chi connectivity index (χ0) is 50.4. The smallest absolute Gasteiger partial charge is 0.338 e. The van der Waals surface area contributed by atoms with E-state index < -0.39 is 121 Å². The first-order valence-corrected chi connectivity index (χ1v) is 25.7. The fourth-order valence-electron chi connectivity index (χ4n) is 15.1. The van der Waals surface area contributed by atoms with Gasteiger partial charge >= 0.3 is 11.9 Å². The van der Waals surface area contributed by atoms with Gasteiger partial charge in [0, 0.05) is 0 Å². The molecule has 0 aromatic carbocycles. The van der Waals surface area contributed by atoms with Crippen LogP contribution in [-0.4, -0.2) is 170 Å². The van der Waals surface area contributed by atoms with Crippen LogP contribution in [0.5, 0.6) is 0 Å². The third-order valence-electron chi connectivity index (χ3n) is 19.6. The summed E-state index contributed by atoms with van der Waals surface area (Å²) in [6.45, 7) is 17.1. The molecule has 22 unspecified atom stereocenters. The Bertz CT molecular complexity index is 1890. The van der Waals surface area contributed by atoms with Crippen LogP contribution in [0.1, 0.15) is 132 Å². The average Bonchev–Trinajstić information content (AvgIpc) is 3.29. The van der Waals surface area contributed by atoms with Crippen molar-refractivity contribution in [2.45, 2.75) is 225 Å². The van der Waals surface area contributed by atoms with Gasteiger partial charge in [0.25, 0.3) is 0 Å². The van der Waals surface area contributed by atoms with E-state index in [0.717, 1.165) is 51.4 Å².